The van der Waals surface area contributed by atoms with Crippen LogP contribution in [0.15, 0.2) is 29.4 Å². The number of likely N-dealkylation sites (tertiary alicyclic amines) is 1. The monoisotopic (exact) mass is 438 g/mol. The predicted octanol–water partition coefficient (Wildman–Crippen LogP) is 3.27. The van der Waals surface area contributed by atoms with Crippen LogP contribution < -0.4 is 5.32 Å². The van der Waals surface area contributed by atoms with Crippen LogP contribution in [0, 0.1) is 13.8 Å². The maximum absolute atomic E-state index is 13.0. The number of thioether (sulfide) groups is 1. The highest BCUT2D eigenvalue weighted by atomic mass is 32.2. The molecule has 0 saturated carbocycles. The van der Waals surface area contributed by atoms with Crippen LogP contribution in [0.5, 0.6) is 0 Å². The zero-order valence-corrected chi connectivity index (χ0v) is 18.8. The lowest BCUT2D eigenvalue weighted by Gasteiger charge is -2.27. The number of hydrogen-bond donors (Lipinski definition) is 1. The number of para-hydroxylation sites is 1. The lowest BCUT2D eigenvalue weighted by molar-refractivity contribution is -0.115. The normalized spacial score (nSPS) is 14.1. The Bertz CT molecular complexity index is 1140. The summed E-state index contributed by atoms with van der Waals surface area (Å²) in [6.45, 7) is 5.32. The number of amides is 2. The van der Waals surface area contributed by atoms with Crippen molar-refractivity contribution < 1.29 is 9.59 Å². The van der Waals surface area contributed by atoms with Gasteiger partial charge in [0, 0.05) is 30.0 Å². The Balaban J connectivity index is 1.55. The number of carbonyl (C=O) groups is 2. The van der Waals surface area contributed by atoms with E-state index in [1.807, 2.05) is 37.1 Å². The van der Waals surface area contributed by atoms with Crippen LogP contribution in [0.2, 0.25) is 0 Å². The summed E-state index contributed by atoms with van der Waals surface area (Å²) in [5, 5.41) is 8.01. The summed E-state index contributed by atoms with van der Waals surface area (Å²) >= 11 is 1.45. The second-order valence-corrected chi connectivity index (χ2v) is 8.47. The van der Waals surface area contributed by atoms with Gasteiger partial charge >= 0.3 is 0 Å². The molecule has 1 aliphatic rings. The van der Waals surface area contributed by atoms with Crippen molar-refractivity contribution in [1.82, 2.24) is 24.5 Å². The summed E-state index contributed by atoms with van der Waals surface area (Å²) in [7, 11) is 0. The number of benzene rings is 1. The van der Waals surface area contributed by atoms with Crippen molar-refractivity contribution in [3.05, 3.63) is 46.8 Å². The Hall–Kier alpha value is -2.94. The van der Waals surface area contributed by atoms with Gasteiger partial charge in [-0.15, -0.1) is 5.10 Å². The maximum Gasteiger partial charge on any atom is 0.255 e. The van der Waals surface area contributed by atoms with Gasteiger partial charge in [0.2, 0.25) is 11.1 Å². The number of nitrogens with one attached hydrogen (secondary N) is 1. The number of aryl methyl sites for hydroxylation is 2. The van der Waals surface area contributed by atoms with E-state index in [0.717, 1.165) is 49.3 Å². The van der Waals surface area contributed by atoms with Crippen LogP contribution in [0.4, 0.5) is 5.69 Å². The summed E-state index contributed by atoms with van der Waals surface area (Å²) in [4.78, 5) is 36.7. The molecule has 3 aromatic rings. The third-order valence-electron chi connectivity index (χ3n) is 5.62. The number of fused-ring (bicyclic) bond motifs is 1. The molecular weight excluding hydrogens is 412 g/mol. The number of hydrogen-bond acceptors (Lipinski definition) is 6. The molecular formula is C22H26N6O2S. The number of anilines is 1. The summed E-state index contributed by atoms with van der Waals surface area (Å²) in [6.07, 6.45) is 5.25. The molecule has 8 nitrogen and oxygen atoms in total. The van der Waals surface area contributed by atoms with E-state index in [9.17, 15) is 9.59 Å². The summed E-state index contributed by atoms with van der Waals surface area (Å²) in [5.41, 5.74) is 3.46. The largest absolute Gasteiger partial charge is 0.339 e. The second kappa shape index (κ2) is 9.05. The van der Waals surface area contributed by atoms with Gasteiger partial charge in [0.15, 0.2) is 0 Å². The number of rotatable bonds is 5. The molecule has 0 spiro atoms. The van der Waals surface area contributed by atoms with Crippen LogP contribution >= 0.6 is 11.8 Å². The number of aromatic nitrogens is 4. The molecule has 2 aromatic heterocycles. The van der Waals surface area contributed by atoms with Gasteiger partial charge in [-0.25, -0.2) is 9.50 Å². The minimum atomic E-state index is -0.198. The maximum atomic E-state index is 13.0. The van der Waals surface area contributed by atoms with Crippen molar-refractivity contribution in [3.63, 3.8) is 0 Å². The fourth-order valence-corrected chi connectivity index (χ4v) is 4.27. The highest BCUT2D eigenvalue weighted by Gasteiger charge is 2.22. The molecule has 0 bridgehead atoms. The first-order valence-corrected chi connectivity index (χ1v) is 11.7. The van der Waals surface area contributed by atoms with Crippen molar-refractivity contribution in [2.75, 3.05) is 24.7 Å². The molecule has 1 aromatic carbocycles. The van der Waals surface area contributed by atoms with Crippen molar-refractivity contribution in [1.29, 1.82) is 0 Å². The predicted molar refractivity (Wildman–Crippen MR) is 121 cm³/mol. The van der Waals surface area contributed by atoms with Gasteiger partial charge in [0.1, 0.15) is 0 Å². The van der Waals surface area contributed by atoms with E-state index in [4.69, 9.17) is 0 Å². The molecule has 4 rings (SSSR count). The van der Waals surface area contributed by atoms with Crippen LogP contribution in [-0.2, 0) is 11.2 Å². The van der Waals surface area contributed by atoms with Crippen molar-refractivity contribution >= 4 is 35.0 Å². The van der Waals surface area contributed by atoms with Crippen molar-refractivity contribution in [2.24, 2.45) is 0 Å². The van der Waals surface area contributed by atoms with E-state index in [0.29, 0.717) is 22.2 Å². The first-order valence-electron chi connectivity index (χ1n) is 10.4. The van der Waals surface area contributed by atoms with Crippen LogP contribution in [0.3, 0.4) is 0 Å². The summed E-state index contributed by atoms with van der Waals surface area (Å²) in [5.74, 6) is 0.302. The van der Waals surface area contributed by atoms with Gasteiger partial charge in [0.05, 0.1) is 17.7 Å². The molecule has 1 N–H and O–H groups in total. The van der Waals surface area contributed by atoms with Gasteiger partial charge in [-0.2, -0.15) is 4.98 Å². The van der Waals surface area contributed by atoms with Gasteiger partial charge < -0.3 is 10.2 Å². The SMILES string of the molecule is CSc1nc2nc(C)c(CC(=O)Nc3ccccc3C(=O)N3CCCCC3)c(C)n2n1. The van der Waals surface area contributed by atoms with Crippen molar-refractivity contribution in [3.8, 4) is 0 Å². The van der Waals surface area contributed by atoms with Gasteiger partial charge in [-0.05, 0) is 51.5 Å². The highest BCUT2D eigenvalue weighted by molar-refractivity contribution is 7.98. The standard InChI is InChI=1S/C22H26N6O2S/c1-14-17(15(2)28-21(23-14)25-22(26-28)31-3)13-19(29)24-18-10-6-5-9-16(18)20(30)27-11-7-4-8-12-27/h5-6,9-10H,4,7-8,11-13H2,1-3H3,(H,24,29). The number of piperidine rings is 1. The lowest BCUT2D eigenvalue weighted by atomic mass is 10.1. The average Bonchev–Trinajstić information content (AvgIpc) is 3.20. The van der Waals surface area contributed by atoms with Gasteiger partial charge in [-0.3, -0.25) is 9.59 Å². The first kappa shape index (κ1) is 21.3. The molecule has 31 heavy (non-hydrogen) atoms. The zero-order valence-electron chi connectivity index (χ0n) is 18.0. The van der Waals surface area contributed by atoms with Crippen LogP contribution in [0.1, 0.15) is 46.6 Å². The molecule has 1 saturated heterocycles. The molecule has 0 aliphatic carbocycles. The number of carbonyl (C=O) groups excluding carboxylic acids is 2. The first-order chi connectivity index (χ1) is 15.0. The van der Waals surface area contributed by atoms with Crippen LogP contribution in [-0.4, -0.2) is 55.6 Å². The quantitative estimate of drug-likeness (QED) is 0.615. The zero-order chi connectivity index (χ0) is 22.0. The summed E-state index contributed by atoms with van der Waals surface area (Å²) < 4.78 is 1.68. The smallest absolute Gasteiger partial charge is 0.255 e. The fraction of sp³-hybridized carbons (Fsp3) is 0.409. The van der Waals surface area contributed by atoms with E-state index in [1.54, 1.807) is 16.6 Å². The van der Waals surface area contributed by atoms with E-state index < -0.39 is 0 Å². The van der Waals surface area contributed by atoms with Gasteiger partial charge in [-0.1, -0.05) is 23.9 Å². The molecule has 1 aliphatic heterocycles. The van der Waals surface area contributed by atoms with Gasteiger partial charge in [0.25, 0.3) is 11.7 Å². The van der Waals surface area contributed by atoms with E-state index in [1.165, 1.54) is 11.8 Å². The van der Waals surface area contributed by atoms with Crippen LogP contribution in [0.25, 0.3) is 5.78 Å². The minimum Gasteiger partial charge on any atom is -0.339 e. The third kappa shape index (κ3) is 4.41. The van der Waals surface area contributed by atoms with Crippen molar-refractivity contribution in [2.45, 2.75) is 44.7 Å². The van der Waals surface area contributed by atoms with E-state index in [-0.39, 0.29) is 18.2 Å². The molecule has 0 atom stereocenters. The molecule has 3 heterocycles. The number of nitrogens with zero attached hydrogens (tertiary/aromatic N) is 5. The Morgan fingerprint density at radius 2 is 1.84 bits per heavy atom. The Morgan fingerprint density at radius 3 is 2.58 bits per heavy atom. The Kier molecular flexibility index (Phi) is 6.22. The fourth-order valence-electron chi connectivity index (χ4n) is 3.93. The minimum absolute atomic E-state index is 0.0294. The second-order valence-electron chi connectivity index (χ2n) is 7.69. The molecule has 2 amide bonds. The molecule has 162 valence electrons. The van der Waals surface area contributed by atoms with E-state index in [2.05, 4.69) is 20.4 Å². The molecule has 0 radical (unpaired) electrons. The Morgan fingerprint density at radius 1 is 1.10 bits per heavy atom. The molecule has 1 fully saturated rings. The highest BCUT2D eigenvalue weighted by Crippen LogP contribution is 2.22. The lowest BCUT2D eigenvalue weighted by Crippen LogP contribution is -2.36. The molecule has 9 heteroatoms. The average molecular weight is 439 g/mol. The third-order valence-corrected chi connectivity index (χ3v) is 6.16. The molecule has 0 unspecified atom stereocenters. The van der Waals surface area contributed by atoms with E-state index >= 15 is 0 Å². The summed E-state index contributed by atoms with van der Waals surface area (Å²) in [6, 6.07) is 7.20. The Labute approximate surface area is 185 Å². The topological polar surface area (TPSA) is 92.5 Å².